The summed E-state index contributed by atoms with van der Waals surface area (Å²) >= 11 is 0. The lowest BCUT2D eigenvalue weighted by molar-refractivity contribution is 0.553. The van der Waals surface area contributed by atoms with Gasteiger partial charge in [-0.2, -0.15) is 5.10 Å². The first-order chi connectivity index (χ1) is 13.6. The van der Waals surface area contributed by atoms with Gasteiger partial charge in [-0.3, -0.25) is 5.10 Å². The highest BCUT2D eigenvalue weighted by molar-refractivity contribution is 5.59. The smallest absolute Gasteiger partial charge is 0.153 e. The summed E-state index contributed by atoms with van der Waals surface area (Å²) < 4.78 is 27.6. The van der Waals surface area contributed by atoms with E-state index in [1.165, 1.54) is 18.5 Å². The number of nitrogens with one attached hydrogen (secondary N) is 2. The zero-order valence-electron chi connectivity index (χ0n) is 15.4. The number of halogens is 2. The third kappa shape index (κ3) is 3.71. The summed E-state index contributed by atoms with van der Waals surface area (Å²) in [5.41, 5.74) is 1.36. The summed E-state index contributed by atoms with van der Waals surface area (Å²) in [5, 5.41) is 10.2. The van der Waals surface area contributed by atoms with Crippen molar-refractivity contribution < 1.29 is 8.78 Å². The molecule has 2 N–H and O–H groups in total. The molecule has 0 bridgehead atoms. The Kier molecular flexibility index (Phi) is 5.01. The van der Waals surface area contributed by atoms with Crippen molar-refractivity contribution in [3.05, 3.63) is 65.6 Å². The predicted octanol–water partition coefficient (Wildman–Crippen LogP) is 4.60. The van der Waals surface area contributed by atoms with Crippen molar-refractivity contribution in [2.24, 2.45) is 0 Å². The number of hydrogen-bond donors (Lipinski definition) is 2. The SMILES string of the molecule is C/C=C/c1cc(Nc2cc(N3CCCC3c3ccc(F)cc3F)ncn2)n[nH]1. The van der Waals surface area contributed by atoms with Crippen LogP contribution in [0.5, 0.6) is 0 Å². The van der Waals surface area contributed by atoms with E-state index in [0.29, 0.717) is 23.0 Å². The van der Waals surface area contributed by atoms with E-state index in [-0.39, 0.29) is 6.04 Å². The Labute approximate surface area is 161 Å². The van der Waals surface area contributed by atoms with Gasteiger partial charge in [0.25, 0.3) is 0 Å². The molecule has 2 aromatic heterocycles. The van der Waals surface area contributed by atoms with Crippen LogP contribution in [0.25, 0.3) is 6.08 Å². The molecule has 4 rings (SSSR count). The Morgan fingerprint density at radius 2 is 2.07 bits per heavy atom. The molecule has 1 aliphatic rings. The van der Waals surface area contributed by atoms with Crippen LogP contribution in [-0.4, -0.2) is 26.7 Å². The van der Waals surface area contributed by atoms with E-state index in [2.05, 4.69) is 25.5 Å². The van der Waals surface area contributed by atoms with Crippen molar-refractivity contribution in [2.45, 2.75) is 25.8 Å². The standard InChI is InChI=1S/C20H20F2N6/c1-2-4-14-10-19(27-26-14)25-18-11-20(24-12-23-18)28-8-3-5-17(28)15-7-6-13(21)9-16(15)22/h2,4,6-7,9-12,17H,3,5,8H2,1H3,(H2,23,24,25,26,27)/b4-2+. The van der Waals surface area contributed by atoms with Gasteiger partial charge >= 0.3 is 0 Å². The second-order valence-corrected chi connectivity index (χ2v) is 6.61. The van der Waals surface area contributed by atoms with Crippen molar-refractivity contribution >= 4 is 23.5 Å². The number of hydrogen-bond acceptors (Lipinski definition) is 5. The predicted molar refractivity (Wildman–Crippen MR) is 104 cm³/mol. The van der Waals surface area contributed by atoms with Gasteiger partial charge in [-0.05, 0) is 31.9 Å². The van der Waals surface area contributed by atoms with Crippen molar-refractivity contribution in [3.63, 3.8) is 0 Å². The fourth-order valence-electron chi connectivity index (χ4n) is 3.51. The first-order valence-corrected chi connectivity index (χ1v) is 9.13. The second kappa shape index (κ2) is 7.75. The van der Waals surface area contributed by atoms with Gasteiger partial charge in [-0.25, -0.2) is 18.7 Å². The third-order valence-corrected chi connectivity index (χ3v) is 4.72. The van der Waals surface area contributed by atoms with Crippen LogP contribution in [0.1, 0.15) is 37.1 Å². The molecule has 3 aromatic rings. The molecule has 0 spiro atoms. The molecule has 6 nitrogen and oxygen atoms in total. The quantitative estimate of drug-likeness (QED) is 0.675. The van der Waals surface area contributed by atoms with Gasteiger partial charge in [-0.1, -0.05) is 12.1 Å². The highest BCUT2D eigenvalue weighted by Gasteiger charge is 2.29. The monoisotopic (exact) mass is 382 g/mol. The highest BCUT2D eigenvalue weighted by atomic mass is 19.1. The van der Waals surface area contributed by atoms with Crippen LogP contribution in [0.2, 0.25) is 0 Å². The number of aromatic amines is 1. The molecule has 1 fully saturated rings. The first kappa shape index (κ1) is 18.1. The van der Waals surface area contributed by atoms with E-state index in [0.717, 1.165) is 31.1 Å². The lowest BCUT2D eigenvalue weighted by Gasteiger charge is -2.26. The zero-order valence-corrected chi connectivity index (χ0v) is 15.4. The molecule has 0 radical (unpaired) electrons. The summed E-state index contributed by atoms with van der Waals surface area (Å²) in [6.45, 7) is 2.67. The van der Waals surface area contributed by atoms with Crippen molar-refractivity contribution in [3.8, 4) is 0 Å². The largest absolute Gasteiger partial charge is 0.349 e. The fraction of sp³-hybridized carbons (Fsp3) is 0.250. The molecule has 1 unspecified atom stereocenters. The molecular weight excluding hydrogens is 362 g/mol. The molecule has 8 heteroatoms. The summed E-state index contributed by atoms with van der Waals surface area (Å²) in [6, 6.07) is 7.23. The van der Waals surface area contributed by atoms with Crippen molar-refractivity contribution in [1.29, 1.82) is 0 Å². The summed E-state index contributed by atoms with van der Waals surface area (Å²) in [6.07, 6.45) is 6.98. The average molecular weight is 382 g/mol. The Balaban J connectivity index is 1.57. The normalized spacial score (nSPS) is 16.8. The van der Waals surface area contributed by atoms with Crippen LogP contribution in [0.4, 0.5) is 26.2 Å². The Hall–Kier alpha value is -3.29. The minimum atomic E-state index is -0.574. The number of benzene rings is 1. The van der Waals surface area contributed by atoms with Crippen LogP contribution < -0.4 is 10.2 Å². The molecule has 3 heterocycles. The molecule has 144 valence electrons. The molecule has 1 atom stereocenters. The maximum Gasteiger partial charge on any atom is 0.153 e. The van der Waals surface area contributed by atoms with Crippen LogP contribution in [0.15, 0.2) is 42.7 Å². The number of allylic oxidation sites excluding steroid dienone is 1. The summed E-state index contributed by atoms with van der Waals surface area (Å²) in [7, 11) is 0. The third-order valence-electron chi connectivity index (χ3n) is 4.72. The van der Waals surface area contributed by atoms with Gasteiger partial charge in [0, 0.05) is 30.3 Å². The second-order valence-electron chi connectivity index (χ2n) is 6.61. The van der Waals surface area contributed by atoms with Crippen molar-refractivity contribution in [1.82, 2.24) is 20.2 Å². The Morgan fingerprint density at radius 3 is 2.89 bits per heavy atom. The van der Waals surface area contributed by atoms with E-state index >= 15 is 0 Å². The average Bonchev–Trinajstić information content (AvgIpc) is 3.32. The van der Waals surface area contributed by atoms with E-state index in [1.807, 2.05) is 36.1 Å². The molecule has 1 aromatic carbocycles. The van der Waals surface area contributed by atoms with Gasteiger partial charge in [0.2, 0.25) is 0 Å². The topological polar surface area (TPSA) is 69.7 Å². The lowest BCUT2D eigenvalue weighted by Crippen LogP contribution is -2.24. The van der Waals surface area contributed by atoms with E-state index in [9.17, 15) is 8.78 Å². The lowest BCUT2D eigenvalue weighted by atomic mass is 10.0. The van der Waals surface area contributed by atoms with E-state index in [4.69, 9.17) is 0 Å². The number of nitrogens with zero attached hydrogens (tertiary/aromatic N) is 4. The van der Waals surface area contributed by atoms with Crippen LogP contribution in [-0.2, 0) is 0 Å². The van der Waals surface area contributed by atoms with E-state index < -0.39 is 11.6 Å². The molecular formula is C20H20F2N6. The number of rotatable bonds is 5. The van der Waals surface area contributed by atoms with Gasteiger partial charge < -0.3 is 10.2 Å². The fourth-order valence-corrected chi connectivity index (χ4v) is 3.51. The Bertz CT molecular complexity index is 1000. The molecule has 1 saturated heterocycles. The van der Waals surface area contributed by atoms with Gasteiger partial charge in [0.1, 0.15) is 29.6 Å². The van der Waals surface area contributed by atoms with E-state index in [1.54, 1.807) is 0 Å². The van der Waals surface area contributed by atoms with Gasteiger partial charge in [0.05, 0.1) is 11.7 Å². The summed E-state index contributed by atoms with van der Waals surface area (Å²) in [5.74, 6) is 0.815. The number of anilines is 3. The van der Waals surface area contributed by atoms with Crippen LogP contribution in [0.3, 0.4) is 0 Å². The Morgan fingerprint density at radius 1 is 1.18 bits per heavy atom. The summed E-state index contributed by atoms with van der Waals surface area (Å²) in [4.78, 5) is 10.6. The van der Waals surface area contributed by atoms with Crippen LogP contribution >= 0.6 is 0 Å². The highest BCUT2D eigenvalue weighted by Crippen LogP contribution is 2.37. The molecule has 0 aliphatic carbocycles. The molecule has 28 heavy (non-hydrogen) atoms. The maximum absolute atomic E-state index is 14.3. The minimum absolute atomic E-state index is 0.185. The minimum Gasteiger partial charge on any atom is -0.349 e. The van der Waals surface area contributed by atoms with Gasteiger partial charge in [0.15, 0.2) is 5.82 Å². The first-order valence-electron chi connectivity index (χ1n) is 9.13. The molecule has 1 aliphatic heterocycles. The van der Waals surface area contributed by atoms with Crippen molar-refractivity contribution in [2.75, 3.05) is 16.8 Å². The zero-order chi connectivity index (χ0) is 19.5. The number of aromatic nitrogens is 4. The molecule has 0 amide bonds. The van der Waals surface area contributed by atoms with Crippen LogP contribution in [0, 0.1) is 11.6 Å². The molecule has 0 saturated carbocycles. The van der Waals surface area contributed by atoms with Gasteiger partial charge in [-0.15, -0.1) is 0 Å². The maximum atomic E-state index is 14.3. The number of H-pyrrole nitrogens is 1.